The molecular formula is C13H25F2N3. The Morgan fingerprint density at radius 3 is 2.33 bits per heavy atom. The lowest BCUT2D eigenvalue weighted by molar-refractivity contribution is -0.0882. The highest BCUT2D eigenvalue weighted by Gasteiger charge is 2.46. The first kappa shape index (κ1) is 14.2. The Bertz CT molecular complexity index is 275. The van der Waals surface area contributed by atoms with Gasteiger partial charge in [0.05, 0.1) is 6.04 Å². The highest BCUT2D eigenvalue weighted by molar-refractivity contribution is 4.97. The average molecular weight is 261 g/mol. The quantitative estimate of drug-likeness (QED) is 0.818. The fraction of sp³-hybridized carbons (Fsp3) is 1.00. The van der Waals surface area contributed by atoms with Gasteiger partial charge in [-0.25, -0.2) is 8.78 Å². The number of rotatable bonds is 2. The van der Waals surface area contributed by atoms with Gasteiger partial charge in [0.2, 0.25) is 0 Å². The SMILES string of the molecule is CC(C)N1CCN([C@H]2CCCC(F)(F)[C@@H]2N)CC1. The summed E-state index contributed by atoms with van der Waals surface area (Å²) in [6.07, 6.45) is 1.37. The largest absolute Gasteiger partial charge is 0.321 e. The van der Waals surface area contributed by atoms with E-state index in [1.165, 1.54) is 0 Å². The van der Waals surface area contributed by atoms with Crippen molar-refractivity contribution < 1.29 is 8.78 Å². The summed E-state index contributed by atoms with van der Waals surface area (Å²) in [6.45, 7) is 8.02. The summed E-state index contributed by atoms with van der Waals surface area (Å²) < 4.78 is 27.3. The van der Waals surface area contributed by atoms with Gasteiger partial charge in [0.15, 0.2) is 0 Å². The molecule has 0 aromatic heterocycles. The van der Waals surface area contributed by atoms with E-state index in [0.717, 1.165) is 32.6 Å². The first-order valence-electron chi connectivity index (χ1n) is 7.03. The fourth-order valence-electron chi connectivity index (χ4n) is 3.17. The van der Waals surface area contributed by atoms with Crippen molar-refractivity contribution in [3.8, 4) is 0 Å². The van der Waals surface area contributed by atoms with Crippen molar-refractivity contribution in [2.24, 2.45) is 5.73 Å². The molecule has 1 heterocycles. The van der Waals surface area contributed by atoms with E-state index in [-0.39, 0.29) is 12.5 Å². The molecule has 2 rings (SSSR count). The van der Waals surface area contributed by atoms with Crippen LogP contribution in [0.5, 0.6) is 0 Å². The molecule has 2 fully saturated rings. The Balaban J connectivity index is 1.93. The van der Waals surface area contributed by atoms with Crippen molar-refractivity contribution in [1.29, 1.82) is 0 Å². The van der Waals surface area contributed by atoms with Crippen molar-refractivity contribution in [2.45, 2.75) is 57.2 Å². The second-order valence-electron chi connectivity index (χ2n) is 5.91. The highest BCUT2D eigenvalue weighted by Crippen LogP contribution is 2.35. The number of nitrogens with zero attached hydrogens (tertiary/aromatic N) is 2. The summed E-state index contributed by atoms with van der Waals surface area (Å²) in [5.74, 6) is -2.68. The zero-order chi connectivity index (χ0) is 13.3. The normalized spacial score (nSPS) is 35.0. The molecule has 0 unspecified atom stereocenters. The van der Waals surface area contributed by atoms with E-state index in [1.54, 1.807) is 0 Å². The predicted molar refractivity (Wildman–Crippen MR) is 68.8 cm³/mol. The lowest BCUT2D eigenvalue weighted by atomic mass is 9.86. The third-order valence-corrected chi connectivity index (χ3v) is 4.46. The maximum Gasteiger partial charge on any atom is 0.264 e. The molecule has 5 heteroatoms. The molecule has 0 aromatic rings. The third-order valence-electron chi connectivity index (χ3n) is 4.46. The van der Waals surface area contributed by atoms with Crippen LogP contribution in [0.4, 0.5) is 8.78 Å². The highest BCUT2D eigenvalue weighted by atomic mass is 19.3. The lowest BCUT2D eigenvalue weighted by Crippen LogP contribution is -2.62. The monoisotopic (exact) mass is 261 g/mol. The molecule has 106 valence electrons. The van der Waals surface area contributed by atoms with Crippen molar-refractivity contribution >= 4 is 0 Å². The van der Waals surface area contributed by atoms with Gasteiger partial charge in [-0.3, -0.25) is 9.80 Å². The average Bonchev–Trinajstić information content (AvgIpc) is 2.33. The first-order chi connectivity index (χ1) is 8.42. The molecule has 1 saturated carbocycles. The van der Waals surface area contributed by atoms with E-state index >= 15 is 0 Å². The lowest BCUT2D eigenvalue weighted by Gasteiger charge is -2.46. The van der Waals surface area contributed by atoms with Gasteiger partial charge in [0.25, 0.3) is 5.92 Å². The smallest absolute Gasteiger partial charge is 0.264 e. The van der Waals surface area contributed by atoms with E-state index in [2.05, 4.69) is 23.6 Å². The van der Waals surface area contributed by atoms with E-state index in [0.29, 0.717) is 12.5 Å². The molecule has 0 aromatic carbocycles. The summed E-state index contributed by atoms with van der Waals surface area (Å²) in [5, 5.41) is 0. The summed E-state index contributed by atoms with van der Waals surface area (Å²) in [5.41, 5.74) is 5.78. The maximum atomic E-state index is 13.6. The van der Waals surface area contributed by atoms with Crippen LogP contribution in [0.1, 0.15) is 33.1 Å². The Morgan fingerprint density at radius 2 is 1.78 bits per heavy atom. The van der Waals surface area contributed by atoms with Crippen LogP contribution in [-0.2, 0) is 0 Å². The Kier molecular flexibility index (Phi) is 4.24. The van der Waals surface area contributed by atoms with Crippen LogP contribution < -0.4 is 5.73 Å². The Morgan fingerprint density at radius 1 is 1.17 bits per heavy atom. The number of alkyl halides is 2. The second kappa shape index (κ2) is 5.39. The number of halogens is 2. The Hall–Kier alpha value is -0.260. The molecule has 0 amide bonds. The van der Waals surface area contributed by atoms with Gasteiger partial charge in [0.1, 0.15) is 0 Å². The minimum atomic E-state index is -2.68. The summed E-state index contributed by atoms with van der Waals surface area (Å²) in [6, 6.07) is -0.589. The summed E-state index contributed by atoms with van der Waals surface area (Å²) >= 11 is 0. The van der Waals surface area contributed by atoms with Crippen LogP contribution in [0.15, 0.2) is 0 Å². The predicted octanol–water partition coefficient (Wildman–Crippen LogP) is 1.53. The number of hydrogen-bond donors (Lipinski definition) is 1. The first-order valence-corrected chi connectivity index (χ1v) is 7.03. The van der Waals surface area contributed by atoms with E-state index < -0.39 is 12.0 Å². The Labute approximate surface area is 108 Å². The van der Waals surface area contributed by atoms with Crippen LogP contribution in [-0.4, -0.2) is 60.0 Å². The van der Waals surface area contributed by atoms with Gasteiger partial charge in [-0.2, -0.15) is 0 Å². The molecule has 1 aliphatic heterocycles. The zero-order valence-corrected chi connectivity index (χ0v) is 11.4. The molecule has 3 nitrogen and oxygen atoms in total. The third kappa shape index (κ3) is 2.83. The molecule has 0 spiro atoms. The zero-order valence-electron chi connectivity index (χ0n) is 11.4. The topological polar surface area (TPSA) is 32.5 Å². The van der Waals surface area contributed by atoms with Crippen molar-refractivity contribution in [3.63, 3.8) is 0 Å². The number of hydrogen-bond acceptors (Lipinski definition) is 3. The van der Waals surface area contributed by atoms with E-state index in [4.69, 9.17) is 5.73 Å². The molecule has 0 radical (unpaired) electrons. The standard InChI is InChI=1S/C13H25F2N3/c1-10(2)17-6-8-18(9-7-17)11-4-3-5-13(14,15)12(11)16/h10-12H,3-9,16H2,1-2H3/t11-,12+/m0/s1. The minimum Gasteiger partial charge on any atom is -0.321 e. The molecule has 2 N–H and O–H groups in total. The maximum absolute atomic E-state index is 13.6. The van der Waals surface area contributed by atoms with Crippen molar-refractivity contribution in [3.05, 3.63) is 0 Å². The molecule has 1 saturated heterocycles. The minimum absolute atomic E-state index is 0.0450. The fourth-order valence-corrected chi connectivity index (χ4v) is 3.17. The van der Waals surface area contributed by atoms with E-state index in [9.17, 15) is 8.78 Å². The molecular weight excluding hydrogens is 236 g/mol. The molecule has 18 heavy (non-hydrogen) atoms. The number of nitrogens with two attached hydrogens (primary N) is 1. The van der Waals surface area contributed by atoms with Gasteiger partial charge >= 0.3 is 0 Å². The number of piperazine rings is 1. The van der Waals surface area contributed by atoms with Gasteiger partial charge in [-0.15, -0.1) is 0 Å². The molecule has 1 aliphatic carbocycles. The van der Waals surface area contributed by atoms with E-state index in [1.807, 2.05) is 0 Å². The summed E-state index contributed by atoms with van der Waals surface area (Å²) in [7, 11) is 0. The van der Waals surface area contributed by atoms with Gasteiger partial charge < -0.3 is 5.73 Å². The van der Waals surface area contributed by atoms with Crippen molar-refractivity contribution in [2.75, 3.05) is 26.2 Å². The van der Waals surface area contributed by atoms with Gasteiger partial charge in [0, 0.05) is 44.7 Å². The van der Waals surface area contributed by atoms with Crippen LogP contribution >= 0.6 is 0 Å². The van der Waals surface area contributed by atoms with Crippen molar-refractivity contribution in [1.82, 2.24) is 9.80 Å². The summed E-state index contributed by atoms with van der Waals surface area (Å²) in [4.78, 5) is 4.57. The van der Waals surface area contributed by atoms with Crippen LogP contribution in [0.25, 0.3) is 0 Å². The van der Waals surface area contributed by atoms with Gasteiger partial charge in [-0.1, -0.05) is 0 Å². The molecule has 2 aliphatic rings. The van der Waals surface area contributed by atoms with Crippen LogP contribution in [0.2, 0.25) is 0 Å². The van der Waals surface area contributed by atoms with Gasteiger partial charge in [-0.05, 0) is 26.7 Å². The van der Waals surface area contributed by atoms with Crippen LogP contribution in [0.3, 0.4) is 0 Å². The molecule has 0 bridgehead atoms. The molecule has 2 atom stereocenters. The van der Waals surface area contributed by atoms with Crippen LogP contribution in [0, 0.1) is 0 Å². The second-order valence-corrected chi connectivity index (χ2v) is 5.91.